The van der Waals surface area contributed by atoms with Crippen LogP contribution in [0.25, 0.3) is 0 Å². The zero-order valence-electron chi connectivity index (χ0n) is 25.8. The van der Waals surface area contributed by atoms with Crippen LogP contribution < -0.4 is 5.73 Å². The van der Waals surface area contributed by atoms with Crippen molar-refractivity contribution in [1.82, 2.24) is 0 Å². The minimum Gasteiger partial charge on any atom is -0.458 e. The molecule has 0 radical (unpaired) electrons. The molecule has 3 fully saturated rings. The molecule has 0 saturated heterocycles. The smallest absolute Gasteiger partial charge is 0.335 e. The van der Waals surface area contributed by atoms with Gasteiger partial charge >= 0.3 is 14.6 Å². The number of fused-ring (bicyclic) bond motifs is 5. The predicted octanol–water partition coefficient (Wildman–Crippen LogP) is 4.10. The number of hydrogen-bond acceptors (Lipinski definition) is 11. The molecule has 13 heteroatoms. The Morgan fingerprint density at radius 2 is 1.98 bits per heavy atom. The van der Waals surface area contributed by atoms with E-state index in [1.807, 2.05) is 19.9 Å². The van der Waals surface area contributed by atoms with Crippen LogP contribution in [0.2, 0.25) is 0 Å². The van der Waals surface area contributed by atoms with Gasteiger partial charge in [-0.05, 0) is 69.1 Å². The number of nitrogens with two attached hydrogens (primary N) is 1. The summed E-state index contributed by atoms with van der Waals surface area (Å²) in [7, 11) is -2.90. The number of carbonyl (C=O) groups excluding carboxylic acids is 3. The molecule has 0 amide bonds. The van der Waals surface area contributed by atoms with Crippen molar-refractivity contribution in [1.29, 1.82) is 0 Å². The van der Waals surface area contributed by atoms with E-state index in [2.05, 4.69) is 6.92 Å². The second-order valence-electron chi connectivity index (χ2n) is 12.6. The van der Waals surface area contributed by atoms with E-state index in [1.54, 1.807) is 12.2 Å². The summed E-state index contributed by atoms with van der Waals surface area (Å²) in [5, 5.41) is 0. The summed E-state index contributed by atoms with van der Waals surface area (Å²) in [5.74, 6) is -1.16. The van der Waals surface area contributed by atoms with Crippen molar-refractivity contribution in [2.75, 3.05) is 33.0 Å². The maximum absolute atomic E-state index is 14.1. The van der Waals surface area contributed by atoms with Crippen molar-refractivity contribution in [3.63, 3.8) is 0 Å². The Kier molecular flexibility index (Phi) is 11.4. The first-order valence-corrected chi connectivity index (χ1v) is 17.7. The van der Waals surface area contributed by atoms with Crippen LogP contribution in [0, 0.1) is 28.6 Å². The molecule has 242 valence electrons. The zero-order valence-corrected chi connectivity index (χ0v) is 27.6. The van der Waals surface area contributed by atoms with Crippen molar-refractivity contribution in [3.8, 4) is 0 Å². The van der Waals surface area contributed by atoms with Gasteiger partial charge in [0, 0.05) is 43.6 Å². The highest BCUT2D eigenvalue weighted by Crippen LogP contribution is 2.70. The highest BCUT2D eigenvalue weighted by atomic mass is 31.2. The summed E-state index contributed by atoms with van der Waals surface area (Å²) in [6, 6.07) is 0. The van der Waals surface area contributed by atoms with Crippen molar-refractivity contribution in [2.24, 2.45) is 34.3 Å². The van der Waals surface area contributed by atoms with Crippen LogP contribution in [0.3, 0.4) is 0 Å². The third-order valence-corrected chi connectivity index (χ3v) is 12.7. The summed E-state index contributed by atoms with van der Waals surface area (Å²) in [6.45, 7) is 7.75. The molecule has 0 spiro atoms. The van der Waals surface area contributed by atoms with Crippen LogP contribution in [0.1, 0.15) is 66.2 Å². The number of Topliss-reactive ketones (excluding diaryl/α,β-unsaturated/α-hetero) is 1. The number of ketones is 2. The Bertz CT molecular complexity index is 1120. The van der Waals surface area contributed by atoms with E-state index in [4.69, 9.17) is 28.8 Å². The van der Waals surface area contributed by atoms with Gasteiger partial charge in [-0.2, -0.15) is 0 Å². The maximum atomic E-state index is 14.1. The van der Waals surface area contributed by atoms with E-state index in [-0.39, 0.29) is 29.3 Å². The predicted molar refractivity (Wildman–Crippen MR) is 162 cm³/mol. The number of methoxy groups -OCH3 is 1. The number of esters is 1. The van der Waals surface area contributed by atoms with Gasteiger partial charge in [-0.25, -0.2) is 0 Å². The standard InChI is InChI=1S/C30H47NO10P2/c1-6-13-38-26-16-23-22-9-8-20-15-21(33)10-11-28(20,3)27(22)24(40-43(36)41-42(35)14-7-12-31)17-29(23,4)30(26,37-5)25(34)18-39-19(2)32/h10-11,15,22-24,26-27,35-36H,6-9,12-14,16-18,31H2,1-5H3/t22?,23?,24?,26-,27?,28?,29?,30-,42?,43?/m1/s1. The van der Waals surface area contributed by atoms with E-state index in [0.717, 1.165) is 18.4 Å². The Balaban J connectivity index is 1.78. The quantitative estimate of drug-likeness (QED) is 0.184. The molecule has 4 aliphatic carbocycles. The van der Waals surface area contributed by atoms with Crippen molar-refractivity contribution in [3.05, 3.63) is 23.8 Å². The molecule has 0 bridgehead atoms. The first-order valence-electron chi connectivity index (χ1n) is 15.2. The monoisotopic (exact) mass is 643 g/mol. The molecule has 3 saturated carbocycles. The Hall–Kier alpha value is -1.13. The average molecular weight is 644 g/mol. The molecule has 4 N–H and O–H groups in total. The lowest BCUT2D eigenvalue weighted by atomic mass is 9.46. The number of allylic oxidation sites excluding steroid dienone is 4. The molecule has 4 rings (SSSR count). The molecule has 43 heavy (non-hydrogen) atoms. The number of ether oxygens (including phenoxy) is 3. The maximum Gasteiger partial charge on any atom is 0.335 e. The normalized spacial score (nSPS) is 38.0. The minimum atomic E-state index is -2.47. The number of carbonyl (C=O) groups is 3. The van der Waals surface area contributed by atoms with Gasteiger partial charge in [0.15, 0.2) is 26.4 Å². The van der Waals surface area contributed by atoms with Crippen LogP contribution in [0.4, 0.5) is 0 Å². The molecule has 10 atom stereocenters. The Morgan fingerprint density at radius 1 is 1.23 bits per heavy atom. The summed E-state index contributed by atoms with van der Waals surface area (Å²) in [6.07, 6.45) is 8.00. The van der Waals surface area contributed by atoms with Gasteiger partial charge in [-0.3, -0.25) is 18.7 Å². The topological polar surface area (TPSA) is 164 Å². The van der Waals surface area contributed by atoms with Crippen LogP contribution in [0.5, 0.6) is 0 Å². The van der Waals surface area contributed by atoms with E-state index in [9.17, 15) is 24.2 Å². The fourth-order valence-corrected chi connectivity index (χ4v) is 10.6. The van der Waals surface area contributed by atoms with E-state index in [0.29, 0.717) is 45.0 Å². The summed E-state index contributed by atoms with van der Waals surface area (Å²) < 4.78 is 29.7. The van der Waals surface area contributed by atoms with Crippen LogP contribution in [-0.2, 0) is 37.4 Å². The van der Waals surface area contributed by atoms with Crippen molar-refractivity contribution < 1.29 is 47.2 Å². The van der Waals surface area contributed by atoms with Gasteiger partial charge in [-0.1, -0.05) is 32.4 Å². The van der Waals surface area contributed by atoms with E-state index >= 15 is 0 Å². The summed E-state index contributed by atoms with van der Waals surface area (Å²) in [5.41, 5.74) is 3.80. The highest BCUT2D eigenvalue weighted by molar-refractivity contribution is 7.57. The van der Waals surface area contributed by atoms with Gasteiger partial charge in [0.25, 0.3) is 0 Å². The van der Waals surface area contributed by atoms with Crippen LogP contribution in [0.15, 0.2) is 23.8 Å². The number of hydrogen-bond donors (Lipinski definition) is 3. The van der Waals surface area contributed by atoms with E-state index < -0.39 is 58.2 Å². The second kappa shape index (κ2) is 14.1. The molecule has 0 heterocycles. The highest BCUT2D eigenvalue weighted by Gasteiger charge is 2.73. The van der Waals surface area contributed by atoms with Gasteiger partial charge in [0.1, 0.15) is 0 Å². The number of rotatable bonds is 14. The molecule has 0 aromatic carbocycles. The lowest BCUT2D eigenvalue weighted by molar-refractivity contribution is -0.204. The fourth-order valence-electron chi connectivity index (χ4n) is 8.54. The second-order valence-corrected chi connectivity index (χ2v) is 15.1. The third-order valence-electron chi connectivity index (χ3n) is 10.2. The molecular weight excluding hydrogens is 596 g/mol. The molecule has 0 aromatic heterocycles. The van der Waals surface area contributed by atoms with Crippen LogP contribution in [-0.4, -0.2) is 78.2 Å². The van der Waals surface area contributed by atoms with Crippen molar-refractivity contribution in [2.45, 2.75) is 84.0 Å². The summed E-state index contributed by atoms with van der Waals surface area (Å²) >= 11 is 0. The SMILES string of the molecule is CCCO[C@@H]1CC2C3CCC4=CC(=O)C=CC4(C)C3C(OP(O)OP(O)CCCN)CC2(C)[C@@]1(OC)C(=O)COC(C)=O. The fraction of sp³-hybridized carbons (Fsp3) is 0.767. The van der Waals surface area contributed by atoms with Gasteiger partial charge in [0.05, 0.1) is 12.2 Å². The largest absolute Gasteiger partial charge is 0.458 e. The first kappa shape index (κ1) is 34.7. The van der Waals surface area contributed by atoms with Gasteiger partial charge < -0.3 is 34.3 Å². The molecular formula is C30H47NO10P2. The Labute approximate surface area is 256 Å². The average Bonchev–Trinajstić information content (AvgIpc) is 3.21. The van der Waals surface area contributed by atoms with E-state index in [1.165, 1.54) is 14.0 Å². The minimum absolute atomic E-state index is 0.0197. The molecule has 0 aliphatic heterocycles. The first-order chi connectivity index (χ1) is 20.4. The summed E-state index contributed by atoms with van der Waals surface area (Å²) in [4.78, 5) is 59.6. The lowest BCUT2D eigenvalue weighted by Gasteiger charge is -2.60. The lowest BCUT2D eigenvalue weighted by Crippen LogP contribution is -2.65. The van der Waals surface area contributed by atoms with Gasteiger partial charge in [-0.15, -0.1) is 0 Å². The van der Waals surface area contributed by atoms with Crippen LogP contribution >= 0.6 is 17.0 Å². The van der Waals surface area contributed by atoms with Gasteiger partial charge in [0.2, 0.25) is 5.78 Å². The third kappa shape index (κ3) is 6.45. The Morgan fingerprint density at radius 3 is 2.63 bits per heavy atom. The molecule has 0 aromatic rings. The van der Waals surface area contributed by atoms with Crippen molar-refractivity contribution >= 4 is 34.5 Å². The molecule has 4 aliphatic rings. The molecule has 11 nitrogen and oxygen atoms in total. The molecule has 8 unspecified atom stereocenters. The zero-order chi connectivity index (χ0) is 31.6.